The Balaban J connectivity index is 1.44. The highest BCUT2D eigenvalue weighted by Crippen LogP contribution is 2.38. The van der Waals surface area contributed by atoms with Crippen LogP contribution in [0, 0.1) is 11.7 Å². The summed E-state index contributed by atoms with van der Waals surface area (Å²) in [4.78, 5) is 40.6. The van der Waals surface area contributed by atoms with Gasteiger partial charge in [0.15, 0.2) is 0 Å². The summed E-state index contributed by atoms with van der Waals surface area (Å²) in [5.41, 5.74) is -0.0156. The first-order chi connectivity index (χ1) is 14.9. The zero-order chi connectivity index (χ0) is 21.7. The molecule has 2 aliphatic carbocycles. The molecule has 8 heteroatoms. The number of nitrogens with zero attached hydrogens (tertiary/aromatic N) is 3. The van der Waals surface area contributed by atoms with Gasteiger partial charge in [-0.1, -0.05) is 12.8 Å². The maximum Gasteiger partial charge on any atom is 0.341 e. The first kappa shape index (κ1) is 20.0. The molecule has 2 heterocycles. The van der Waals surface area contributed by atoms with Crippen LogP contribution in [-0.2, 0) is 4.79 Å². The molecule has 2 aromatic rings. The molecule has 7 nitrogen and oxygen atoms in total. The minimum absolute atomic E-state index is 0.100. The Morgan fingerprint density at radius 2 is 1.68 bits per heavy atom. The van der Waals surface area contributed by atoms with E-state index >= 15 is 4.39 Å². The lowest BCUT2D eigenvalue weighted by molar-refractivity contribution is -0.135. The Bertz CT molecular complexity index is 1110. The standard InChI is InChI=1S/C23H26FN3O4/c24-18-11-16-19(27(15-5-6-15)13-17(21(16)28)23(30)31)12-20(18)25-7-9-26(10-8-25)22(29)14-3-1-2-4-14/h11-15H,1-10H2,(H,30,31). The van der Waals surface area contributed by atoms with Crippen LogP contribution < -0.4 is 10.3 Å². The number of hydrogen-bond acceptors (Lipinski definition) is 4. The van der Waals surface area contributed by atoms with E-state index in [0.717, 1.165) is 38.5 Å². The van der Waals surface area contributed by atoms with Crippen molar-refractivity contribution in [3.63, 3.8) is 0 Å². The summed E-state index contributed by atoms with van der Waals surface area (Å²) in [5, 5.41) is 9.48. The second kappa shape index (κ2) is 7.66. The van der Waals surface area contributed by atoms with Crippen molar-refractivity contribution in [1.82, 2.24) is 9.47 Å². The van der Waals surface area contributed by atoms with Gasteiger partial charge in [-0.3, -0.25) is 9.59 Å². The van der Waals surface area contributed by atoms with E-state index in [1.807, 2.05) is 14.4 Å². The minimum atomic E-state index is -1.30. The number of amides is 1. The first-order valence-corrected chi connectivity index (χ1v) is 11.1. The van der Waals surface area contributed by atoms with Crippen LogP contribution in [-0.4, -0.2) is 52.6 Å². The normalized spacial score (nSPS) is 19.9. The molecule has 1 amide bonds. The van der Waals surface area contributed by atoms with Gasteiger partial charge in [-0.15, -0.1) is 0 Å². The fraction of sp³-hybridized carbons (Fsp3) is 0.522. The molecule has 1 saturated heterocycles. The van der Waals surface area contributed by atoms with Gasteiger partial charge in [-0.2, -0.15) is 0 Å². The molecule has 1 aromatic carbocycles. The average molecular weight is 427 g/mol. The van der Waals surface area contributed by atoms with E-state index in [4.69, 9.17) is 0 Å². The maximum absolute atomic E-state index is 15.0. The van der Waals surface area contributed by atoms with E-state index in [1.54, 1.807) is 6.07 Å². The SMILES string of the molecule is O=C(O)c1cn(C2CC2)c2cc(N3CCN(C(=O)C4CCCC4)CC3)c(F)cc2c1=O. The number of halogens is 1. The quantitative estimate of drug-likeness (QED) is 0.811. The third kappa shape index (κ3) is 3.58. The lowest BCUT2D eigenvalue weighted by Crippen LogP contribution is -2.50. The molecular formula is C23H26FN3O4. The lowest BCUT2D eigenvalue weighted by Gasteiger charge is -2.37. The van der Waals surface area contributed by atoms with Crippen LogP contribution >= 0.6 is 0 Å². The highest BCUT2D eigenvalue weighted by Gasteiger charge is 2.31. The van der Waals surface area contributed by atoms with Gasteiger partial charge in [0.05, 0.1) is 11.2 Å². The summed E-state index contributed by atoms with van der Waals surface area (Å²) in [6.45, 7) is 2.17. The van der Waals surface area contributed by atoms with Crippen LogP contribution in [0.1, 0.15) is 54.9 Å². The zero-order valence-electron chi connectivity index (χ0n) is 17.3. The van der Waals surface area contributed by atoms with E-state index in [2.05, 4.69) is 0 Å². The van der Waals surface area contributed by atoms with E-state index in [0.29, 0.717) is 37.4 Å². The van der Waals surface area contributed by atoms with Crippen molar-refractivity contribution < 1.29 is 19.1 Å². The summed E-state index contributed by atoms with van der Waals surface area (Å²) in [7, 11) is 0. The van der Waals surface area contributed by atoms with Crippen LogP contribution in [0.3, 0.4) is 0 Å². The first-order valence-electron chi connectivity index (χ1n) is 11.1. The van der Waals surface area contributed by atoms with Gasteiger partial charge in [0.25, 0.3) is 0 Å². The molecule has 164 valence electrons. The summed E-state index contributed by atoms with van der Waals surface area (Å²) in [5.74, 6) is -1.47. The van der Waals surface area contributed by atoms with Crippen molar-refractivity contribution in [3.8, 4) is 0 Å². The molecule has 3 fully saturated rings. The van der Waals surface area contributed by atoms with Crippen LogP contribution in [0.4, 0.5) is 10.1 Å². The number of fused-ring (bicyclic) bond motifs is 1. The molecule has 5 rings (SSSR count). The van der Waals surface area contributed by atoms with E-state index in [9.17, 15) is 19.5 Å². The van der Waals surface area contributed by atoms with E-state index in [1.165, 1.54) is 12.3 Å². The van der Waals surface area contributed by atoms with Crippen molar-refractivity contribution in [1.29, 1.82) is 0 Å². The van der Waals surface area contributed by atoms with Crippen LogP contribution in [0.5, 0.6) is 0 Å². The number of benzene rings is 1. The molecule has 0 bridgehead atoms. The molecule has 0 atom stereocenters. The zero-order valence-corrected chi connectivity index (χ0v) is 17.3. The molecule has 3 aliphatic rings. The number of piperazine rings is 1. The predicted octanol–water partition coefficient (Wildman–Crippen LogP) is 3.01. The van der Waals surface area contributed by atoms with Gasteiger partial charge >= 0.3 is 5.97 Å². The minimum Gasteiger partial charge on any atom is -0.477 e. The monoisotopic (exact) mass is 427 g/mol. The fourth-order valence-corrected chi connectivity index (χ4v) is 5.01. The number of pyridine rings is 1. The number of carboxylic acid groups (broad SMARTS) is 1. The number of aromatic nitrogens is 1. The number of hydrogen-bond donors (Lipinski definition) is 1. The van der Waals surface area contributed by atoms with Crippen LogP contribution in [0.2, 0.25) is 0 Å². The Kier molecular flexibility index (Phi) is 4.95. The fourth-order valence-electron chi connectivity index (χ4n) is 5.01. The summed E-state index contributed by atoms with van der Waals surface area (Å²) >= 11 is 0. The largest absolute Gasteiger partial charge is 0.477 e. The average Bonchev–Trinajstić information content (AvgIpc) is 3.46. The van der Waals surface area contributed by atoms with Crippen molar-refractivity contribution in [2.45, 2.75) is 44.6 Å². The Hall–Kier alpha value is -2.90. The summed E-state index contributed by atoms with van der Waals surface area (Å²) in [6.07, 6.45) is 7.38. The molecule has 1 aliphatic heterocycles. The van der Waals surface area contributed by atoms with Crippen LogP contribution in [0.15, 0.2) is 23.1 Å². The third-order valence-electron chi connectivity index (χ3n) is 6.91. The second-order valence-electron chi connectivity index (χ2n) is 8.93. The number of aromatic carboxylic acids is 1. The van der Waals surface area contributed by atoms with Crippen LogP contribution in [0.25, 0.3) is 10.9 Å². The highest BCUT2D eigenvalue weighted by molar-refractivity contribution is 5.93. The molecular weight excluding hydrogens is 401 g/mol. The maximum atomic E-state index is 15.0. The number of rotatable bonds is 4. The van der Waals surface area contributed by atoms with Crippen molar-refractivity contribution in [2.75, 3.05) is 31.1 Å². The molecule has 31 heavy (non-hydrogen) atoms. The molecule has 2 saturated carbocycles. The molecule has 0 radical (unpaired) electrons. The van der Waals surface area contributed by atoms with Crippen molar-refractivity contribution in [3.05, 3.63) is 39.9 Å². The van der Waals surface area contributed by atoms with Crippen molar-refractivity contribution in [2.24, 2.45) is 5.92 Å². The smallest absolute Gasteiger partial charge is 0.341 e. The van der Waals surface area contributed by atoms with E-state index in [-0.39, 0.29) is 28.8 Å². The number of carboxylic acids is 1. The van der Waals surface area contributed by atoms with Gasteiger partial charge < -0.3 is 19.5 Å². The van der Waals surface area contributed by atoms with Gasteiger partial charge in [0.2, 0.25) is 11.3 Å². The highest BCUT2D eigenvalue weighted by atomic mass is 19.1. The molecule has 0 unspecified atom stereocenters. The molecule has 1 aromatic heterocycles. The van der Waals surface area contributed by atoms with E-state index < -0.39 is 17.2 Å². The van der Waals surface area contributed by atoms with Gasteiger partial charge in [0, 0.05) is 49.7 Å². The number of carbonyl (C=O) groups excluding carboxylic acids is 1. The molecule has 1 N–H and O–H groups in total. The Labute approximate surface area is 179 Å². The summed E-state index contributed by atoms with van der Waals surface area (Å²) in [6, 6.07) is 2.99. The summed E-state index contributed by atoms with van der Waals surface area (Å²) < 4.78 is 16.9. The molecule has 0 spiro atoms. The topological polar surface area (TPSA) is 82.8 Å². The predicted molar refractivity (Wildman–Crippen MR) is 114 cm³/mol. The number of anilines is 1. The second-order valence-corrected chi connectivity index (χ2v) is 8.93. The van der Waals surface area contributed by atoms with Crippen molar-refractivity contribution >= 4 is 28.5 Å². The third-order valence-corrected chi connectivity index (χ3v) is 6.91. The Morgan fingerprint density at radius 1 is 1.00 bits per heavy atom. The van der Waals surface area contributed by atoms with Gasteiger partial charge in [-0.25, -0.2) is 9.18 Å². The number of carbonyl (C=O) groups is 2. The van der Waals surface area contributed by atoms with Gasteiger partial charge in [-0.05, 0) is 37.8 Å². The van der Waals surface area contributed by atoms with Gasteiger partial charge in [0.1, 0.15) is 11.4 Å². The Morgan fingerprint density at radius 3 is 2.29 bits per heavy atom. The lowest BCUT2D eigenvalue weighted by atomic mass is 10.1.